The third kappa shape index (κ3) is 1.19. The van der Waals surface area contributed by atoms with Crippen molar-refractivity contribution in [1.29, 1.82) is 0 Å². The maximum atomic E-state index is 6.07. The van der Waals surface area contributed by atoms with Crippen LogP contribution in [0.3, 0.4) is 0 Å². The van der Waals surface area contributed by atoms with E-state index in [1.54, 1.807) is 11.3 Å². The molecule has 3 N–H and O–H groups in total. The Balaban J connectivity index is 1.98. The molecule has 0 amide bonds. The topological polar surface area (TPSA) is 54.7 Å². The summed E-state index contributed by atoms with van der Waals surface area (Å²) in [4.78, 5) is 7.59. The van der Waals surface area contributed by atoms with Crippen LogP contribution in [0.5, 0.6) is 0 Å². The van der Waals surface area contributed by atoms with Gasteiger partial charge in [0, 0.05) is 23.3 Å². The van der Waals surface area contributed by atoms with E-state index in [1.165, 1.54) is 0 Å². The molecule has 3 rings (SSSR count). The Bertz CT molecular complexity index is 440. The van der Waals surface area contributed by atoms with Gasteiger partial charge in [0.05, 0.1) is 11.2 Å². The van der Waals surface area contributed by atoms with E-state index in [0.29, 0.717) is 0 Å². The van der Waals surface area contributed by atoms with Crippen LogP contribution in [0.2, 0.25) is 0 Å². The molecule has 72 valence electrons. The van der Waals surface area contributed by atoms with Crippen LogP contribution in [-0.4, -0.2) is 9.97 Å². The summed E-state index contributed by atoms with van der Waals surface area (Å²) in [6, 6.07) is 2.02. The zero-order chi connectivity index (χ0) is 9.60. The molecule has 0 unspecified atom stereocenters. The summed E-state index contributed by atoms with van der Waals surface area (Å²) in [6.07, 6.45) is 6.01. The minimum atomic E-state index is -0.0980. The maximum absolute atomic E-state index is 6.07. The number of hydrogen-bond donors (Lipinski definition) is 2. The van der Waals surface area contributed by atoms with Gasteiger partial charge in [-0.3, -0.25) is 0 Å². The van der Waals surface area contributed by atoms with Gasteiger partial charge < -0.3 is 10.7 Å². The van der Waals surface area contributed by atoms with E-state index >= 15 is 0 Å². The molecule has 0 radical (unpaired) electrons. The first-order valence-corrected chi connectivity index (χ1v) is 5.54. The first-order chi connectivity index (χ1) is 6.78. The van der Waals surface area contributed by atoms with Crippen molar-refractivity contribution >= 4 is 11.3 Å². The largest absolute Gasteiger partial charge is 0.367 e. The third-order valence-corrected chi connectivity index (χ3v) is 3.67. The Morgan fingerprint density at radius 2 is 2.36 bits per heavy atom. The van der Waals surface area contributed by atoms with E-state index in [0.717, 1.165) is 29.1 Å². The van der Waals surface area contributed by atoms with Crippen LogP contribution in [0.4, 0.5) is 0 Å². The van der Waals surface area contributed by atoms with E-state index in [-0.39, 0.29) is 5.54 Å². The molecule has 4 heteroatoms. The molecule has 2 heterocycles. The van der Waals surface area contributed by atoms with Crippen LogP contribution < -0.4 is 5.73 Å². The molecule has 1 aliphatic carbocycles. The molecular formula is C10H11N3S. The second kappa shape index (κ2) is 2.68. The predicted octanol–water partition coefficient (Wildman–Crippen LogP) is 2.09. The summed E-state index contributed by atoms with van der Waals surface area (Å²) in [5.41, 5.74) is 8.14. The molecule has 1 aliphatic rings. The first-order valence-electron chi connectivity index (χ1n) is 4.66. The molecule has 0 saturated heterocycles. The van der Waals surface area contributed by atoms with Gasteiger partial charge in [0.2, 0.25) is 0 Å². The lowest BCUT2D eigenvalue weighted by Gasteiger charge is -2.01. The number of hydrogen-bond acceptors (Lipinski definition) is 3. The smallest absolute Gasteiger partial charge is 0.113 e. The van der Waals surface area contributed by atoms with Crippen molar-refractivity contribution in [1.82, 2.24) is 9.97 Å². The van der Waals surface area contributed by atoms with Gasteiger partial charge in [0.1, 0.15) is 5.01 Å². The van der Waals surface area contributed by atoms with Crippen molar-refractivity contribution in [2.45, 2.75) is 18.4 Å². The van der Waals surface area contributed by atoms with E-state index in [2.05, 4.69) is 15.3 Å². The lowest BCUT2D eigenvalue weighted by molar-refractivity contribution is 0.732. The van der Waals surface area contributed by atoms with Gasteiger partial charge in [-0.15, -0.1) is 11.3 Å². The number of aromatic nitrogens is 2. The maximum Gasteiger partial charge on any atom is 0.113 e. The second-order valence-electron chi connectivity index (χ2n) is 3.79. The van der Waals surface area contributed by atoms with Gasteiger partial charge in [-0.2, -0.15) is 0 Å². The summed E-state index contributed by atoms with van der Waals surface area (Å²) in [5.74, 6) is 0. The molecule has 0 aromatic carbocycles. The monoisotopic (exact) mass is 205 g/mol. The Morgan fingerprint density at radius 3 is 3.00 bits per heavy atom. The highest BCUT2D eigenvalue weighted by atomic mass is 32.1. The van der Waals surface area contributed by atoms with E-state index in [4.69, 9.17) is 5.73 Å². The molecule has 0 atom stereocenters. The van der Waals surface area contributed by atoms with Crippen molar-refractivity contribution < 1.29 is 0 Å². The Kier molecular flexibility index (Phi) is 1.57. The van der Waals surface area contributed by atoms with Crippen molar-refractivity contribution in [3.63, 3.8) is 0 Å². The van der Waals surface area contributed by atoms with Crippen LogP contribution in [0.1, 0.15) is 17.8 Å². The van der Waals surface area contributed by atoms with E-state index < -0.39 is 0 Å². The fourth-order valence-corrected chi connectivity index (χ4v) is 2.47. The van der Waals surface area contributed by atoms with Gasteiger partial charge >= 0.3 is 0 Å². The van der Waals surface area contributed by atoms with Gasteiger partial charge in [0.15, 0.2) is 0 Å². The molecule has 1 fully saturated rings. The second-order valence-corrected chi connectivity index (χ2v) is 4.65. The molecule has 2 aromatic rings. The lowest BCUT2D eigenvalue weighted by Crippen LogP contribution is -2.18. The number of nitrogens with two attached hydrogens (primary N) is 1. The number of aromatic amines is 1. The zero-order valence-electron chi connectivity index (χ0n) is 7.66. The Hall–Kier alpha value is -1.13. The Morgan fingerprint density at radius 1 is 1.50 bits per heavy atom. The number of H-pyrrole nitrogens is 1. The van der Waals surface area contributed by atoms with Gasteiger partial charge in [-0.25, -0.2) is 4.98 Å². The quantitative estimate of drug-likeness (QED) is 0.788. The number of rotatable bonds is 2. The van der Waals surface area contributed by atoms with Crippen molar-refractivity contribution in [3.05, 3.63) is 28.8 Å². The summed E-state index contributed by atoms with van der Waals surface area (Å²) in [5, 5.41) is 3.15. The van der Waals surface area contributed by atoms with Crippen LogP contribution >= 0.6 is 11.3 Å². The van der Waals surface area contributed by atoms with Gasteiger partial charge in [-0.05, 0) is 18.9 Å². The third-order valence-electron chi connectivity index (χ3n) is 2.61. The molecule has 0 spiro atoms. The summed E-state index contributed by atoms with van der Waals surface area (Å²) in [7, 11) is 0. The molecule has 3 nitrogen and oxygen atoms in total. The summed E-state index contributed by atoms with van der Waals surface area (Å²) >= 11 is 1.67. The van der Waals surface area contributed by atoms with Crippen molar-refractivity contribution in [3.8, 4) is 11.3 Å². The summed E-state index contributed by atoms with van der Waals surface area (Å²) < 4.78 is 0. The minimum Gasteiger partial charge on any atom is -0.367 e. The fourth-order valence-electron chi connectivity index (χ4n) is 1.47. The predicted molar refractivity (Wildman–Crippen MR) is 57.0 cm³/mol. The fraction of sp³-hybridized carbons (Fsp3) is 0.300. The van der Waals surface area contributed by atoms with Gasteiger partial charge in [0.25, 0.3) is 0 Å². The number of thiazole rings is 1. The highest BCUT2D eigenvalue weighted by Crippen LogP contribution is 2.44. The molecular weight excluding hydrogens is 194 g/mol. The van der Waals surface area contributed by atoms with Crippen LogP contribution in [0.15, 0.2) is 23.8 Å². The summed E-state index contributed by atoms with van der Waals surface area (Å²) in [6.45, 7) is 0. The van der Waals surface area contributed by atoms with Crippen LogP contribution in [0.25, 0.3) is 11.3 Å². The highest BCUT2D eigenvalue weighted by molar-refractivity contribution is 7.10. The molecule has 1 saturated carbocycles. The average Bonchev–Trinajstić information content (AvgIpc) is 2.73. The zero-order valence-corrected chi connectivity index (χ0v) is 8.47. The van der Waals surface area contributed by atoms with Crippen molar-refractivity contribution in [2.24, 2.45) is 5.73 Å². The molecule has 14 heavy (non-hydrogen) atoms. The van der Waals surface area contributed by atoms with E-state index in [9.17, 15) is 0 Å². The first kappa shape index (κ1) is 8.20. The lowest BCUT2D eigenvalue weighted by atomic mass is 10.2. The molecule has 2 aromatic heterocycles. The van der Waals surface area contributed by atoms with Gasteiger partial charge in [-0.1, -0.05) is 0 Å². The Labute approximate surface area is 86.0 Å². The van der Waals surface area contributed by atoms with E-state index in [1.807, 2.05) is 18.5 Å². The van der Waals surface area contributed by atoms with Crippen molar-refractivity contribution in [2.75, 3.05) is 0 Å². The highest BCUT2D eigenvalue weighted by Gasteiger charge is 2.42. The minimum absolute atomic E-state index is 0.0980. The average molecular weight is 205 g/mol. The molecule has 0 bridgehead atoms. The SMILES string of the molecule is NC1(c2nc(-c3cc[nH]c3)cs2)CC1. The number of nitrogens with one attached hydrogen (secondary N) is 1. The number of nitrogens with zero attached hydrogens (tertiary/aromatic N) is 1. The standard InChI is InChI=1S/C10H11N3S/c11-10(2-3-10)9-13-8(6-14-9)7-1-4-12-5-7/h1,4-6,12H,2-3,11H2. The van der Waals surface area contributed by atoms with Crippen LogP contribution in [0, 0.1) is 0 Å². The molecule has 0 aliphatic heterocycles. The normalized spacial score (nSPS) is 18.4. The van der Waals surface area contributed by atoms with Crippen LogP contribution in [-0.2, 0) is 5.54 Å².